The van der Waals surface area contributed by atoms with Crippen LogP contribution in [0.4, 0.5) is 5.69 Å². The summed E-state index contributed by atoms with van der Waals surface area (Å²) in [5.74, 6) is 2.13. The minimum atomic E-state index is -0.171. The molecule has 0 heterocycles. The maximum Gasteiger partial charge on any atom is 0.255 e. The van der Waals surface area contributed by atoms with Gasteiger partial charge in [-0.1, -0.05) is 25.1 Å². The van der Waals surface area contributed by atoms with Crippen molar-refractivity contribution in [1.82, 2.24) is 0 Å². The molecule has 0 saturated heterocycles. The Kier molecular flexibility index (Phi) is 7.72. The van der Waals surface area contributed by atoms with Gasteiger partial charge in [0.25, 0.3) is 5.91 Å². The van der Waals surface area contributed by atoms with Crippen molar-refractivity contribution in [2.24, 2.45) is 0 Å². The number of ether oxygens (including phenoxy) is 3. The van der Waals surface area contributed by atoms with E-state index in [1.807, 2.05) is 73.7 Å². The van der Waals surface area contributed by atoms with Gasteiger partial charge in [0.2, 0.25) is 0 Å². The van der Waals surface area contributed by atoms with Gasteiger partial charge in [-0.2, -0.15) is 0 Å². The van der Waals surface area contributed by atoms with Gasteiger partial charge in [-0.15, -0.1) is 0 Å². The smallest absolute Gasteiger partial charge is 0.255 e. The summed E-state index contributed by atoms with van der Waals surface area (Å²) < 4.78 is 17.0. The first-order valence-corrected chi connectivity index (χ1v) is 10.1. The van der Waals surface area contributed by atoms with Gasteiger partial charge >= 0.3 is 0 Å². The van der Waals surface area contributed by atoms with Crippen molar-refractivity contribution < 1.29 is 19.0 Å². The molecule has 0 aliphatic carbocycles. The van der Waals surface area contributed by atoms with Crippen molar-refractivity contribution in [2.45, 2.75) is 26.4 Å². The van der Waals surface area contributed by atoms with E-state index in [2.05, 4.69) is 12.2 Å². The fourth-order valence-electron chi connectivity index (χ4n) is 2.67. The zero-order valence-electron chi connectivity index (χ0n) is 17.3. The van der Waals surface area contributed by atoms with Crippen molar-refractivity contribution in [3.63, 3.8) is 0 Å². The standard InChI is InChI=1S/C25H27NO4/c1-3-19(2)30-24-13-9-20(10-14-24)25(27)26-21-11-15-23(16-12-21)29-18-17-28-22-7-5-4-6-8-22/h4-16,19H,3,17-18H2,1-2H3,(H,26,27). The van der Waals surface area contributed by atoms with Gasteiger partial charge in [-0.05, 0) is 74.0 Å². The van der Waals surface area contributed by atoms with Crippen molar-refractivity contribution in [3.8, 4) is 17.2 Å². The third kappa shape index (κ3) is 6.55. The van der Waals surface area contributed by atoms with Gasteiger partial charge in [-0.3, -0.25) is 4.79 Å². The first-order valence-electron chi connectivity index (χ1n) is 10.1. The highest BCUT2D eigenvalue weighted by atomic mass is 16.5. The Morgan fingerprint density at radius 1 is 0.800 bits per heavy atom. The molecule has 0 aliphatic rings. The molecule has 3 rings (SSSR count). The highest BCUT2D eigenvalue weighted by Crippen LogP contribution is 2.19. The lowest BCUT2D eigenvalue weighted by Crippen LogP contribution is -2.13. The molecular formula is C25H27NO4. The van der Waals surface area contributed by atoms with Gasteiger partial charge in [0.1, 0.15) is 30.5 Å². The fourth-order valence-corrected chi connectivity index (χ4v) is 2.67. The third-order valence-corrected chi connectivity index (χ3v) is 4.50. The Bertz CT molecular complexity index is 908. The third-order valence-electron chi connectivity index (χ3n) is 4.50. The number of carbonyl (C=O) groups is 1. The van der Waals surface area contributed by atoms with Crippen LogP contribution in [-0.2, 0) is 0 Å². The SMILES string of the molecule is CCC(C)Oc1ccc(C(=O)Nc2ccc(OCCOc3ccccc3)cc2)cc1. The molecule has 0 fully saturated rings. The van der Waals surface area contributed by atoms with Gasteiger partial charge in [-0.25, -0.2) is 0 Å². The van der Waals surface area contributed by atoms with E-state index in [0.717, 1.165) is 23.7 Å². The topological polar surface area (TPSA) is 56.8 Å². The fraction of sp³-hybridized carbons (Fsp3) is 0.240. The summed E-state index contributed by atoms with van der Waals surface area (Å²) in [6.07, 6.45) is 1.08. The summed E-state index contributed by atoms with van der Waals surface area (Å²) in [5.41, 5.74) is 1.28. The van der Waals surface area contributed by atoms with Crippen molar-refractivity contribution in [2.75, 3.05) is 18.5 Å². The van der Waals surface area contributed by atoms with Crippen LogP contribution in [-0.4, -0.2) is 25.2 Å². The summed E-state index contributed by atoms with van der Waals surface area (Å²) in [5, 5.41) is 2.89. The molecule has 5 heteroatoms. The van der Waals surface area contributed by atoms with Crippen LogP contribution < -0.4 is 19.5 Å². The molecule has 5 nitrogen and oxygen atoms in total. The number of para-hydroxylation sites is 1. The molecule has 3 aromatic carbocycles. The number of amides is 1. The molecule has 1 unspecified atom stereocenters. The zero-order chi connectivity index (χ0) is 21.2. The average Bonchev–Trinajstić information content (AvgIpc) is 2.79. The van der Waals surface area contributed by atoms with E-state index in [1.54, 1.807) is 12.1 Å². The van der Waals surface area contributed by atoms with Crippen LogP contribution >= 0.6 is 0 Å². The number of benzene rings is 3. The predicted molar refractivity (Wildman–Crippen MR) is 119 cm³/mol. The van der Waals surface area contributed by atoms with E-state index in [0.29, 0.717) is 24.5 Å². The Labute approximate surface area is 177 Å². The van der Waals surface area contributed by atoms with E-state index in [9.17, 15) is 4.79 Å². The van der Waals surface area contributed by atoms with Gasteiger partial charge in [0.15, 0.2) is 0 Å². The molecular weight excluding hydrogens is 378 g/mol. The molecule has 30 heavy (non-hydrogen) atoms. The summed E-state index contributed by atoms with van der Waals surface area (Å²) in [6, 6.07) is 24.0. The van der Waals surface area contributed by atoms with E-state index in [4.69, 9.17) is 14.2 Å². The van der Waals surface area contributed by atoms with Crippen molar-refractivity contribution in [1.29, 1.82) is 0 Å². The van der Waals surface area contributed by atoms with Gasteiger partial charge in [0.05, 0.1) is 6.10 Å². The van der Waals surface area contributed by atoms with Crippen LogP contribution in [0.2, 0.25) is 0 Å². The van der Waals surface area contributed by atoms with E-state index in [1.165, 1.54) is 0 Å². The maximum absolute atomic E-state index is 12.4. The number of hydrogen-bond donors (Lipinski definition) is 1. The normalized spacial score (nSPS) is 11.4. The summed E-state index contributed by atoms with van der Waals surface area (Å²) in [4.78, 5) is 12.4. The van der Waals surface area contributed by atoms with Gasteiger partial charge < -0.3 is 19.5 Å². The number of nitrogens with one attached hydrogen (secondary N) is 1. The van der Waals surface area contributed by atoms with E-state index in [-0.39, 0.29) is 12.0 Å². The highest BCUT2D eigenvalue weighted by Gasteiger charge is 2.08. The lowest BCUT2D eigenvalue weighted by Gasteiger charge is -2.13. The highest BCUT2D eigenvalue weighted by molar-refractivity contribution is 6.04. The molecule has 0 aliphatic heterocycles. The first-order chi connectivity index (χ1) is 14.6. The van der Waals surface area contributed by atoms with Crippen LogP contribution in [0, 0.1) is 0 Å². The van der Waals surface area contributed by atoms with Gasteiger partial charge in [0, 0.05) is 11.3 Å². The molecule has 1 amide bonds. The van der Waals surface area contributed by atoms with E-state index < -0.39 is 0 Å². The molecule has 0 spiro atoms. The number of hydrogen-bond acceptors (Lipinski definition) is 4. The second kappa shape index (κ2) is 10.9. The molecule has 1 N–H and O–H groups in total. The Hall–Kier alpha value is -3.47. The van der Waals surface area contributed by atoms with E-state index >= 15 is 0 Å². The average molecular weight is 405 g/mol. The molecule has 156 valence electrons. The quantitative estimate of drug-likeness (QED) is 0.448. The summed E-state index contributed by atoms with van der Waals surface area (Å²) in [7, 11) is 0. The summed E-state index contributed by atoms with van der Waals surface area (Å²) in [6.45, 7) is 4.98. The Morgan fingerprint density at radius 2 is 1.37 bits per heavy atom. The lowest BCUT2D eigenvalue weighted by molar-refractivity contribution is 0.102. The monoisotopic (exact) mass is 405 g/mol. The number of carbonyl (C=O) groups excluding carboxylic acids is 1. The molecule has 0 aromatic heterocycles. The zero-order valence-corrected chi connectivity index (χ0v) is 17.3. The molecule has 0 radical (unpaired) electrons. The van der Waals surface area contributed by atoms with Crippen LogP contribution in [0.1, 0.15) is 30.6 Å². The first kappa shape index (κ1) is 21.2. The van der Waals surface area contributed by atoms with Crippen LogP contribution in [0.3, 0.4) is 0 Å². The van der Waals surface area contributed by atoms with Crippen molar-refractivity contribution in [3.05, 3.63) is 84.4 Å². The second-order valence-electron chi connectivity index (χ2n) is 6.85. The van der Waals surface area contributed by atoms with Crippen LogP contribution in [0.15, 0.2) is 78.9 Å². The van der Waals surface area contributed by atoms with Crippen LogP contribution in [0.25, 0.3) is 0 Å². The number of rotatable bonds is 10. The minimum Gasteiger partial charge on any atom is -0.491 e. The maximum atomic E-state index is 12.4. The van der Waals surface area contributed by atoms with Crippen LogP contribution in [0.5, 0.6) is 17.2 Å². The largest absolute Gasteiger partial charge is 0.491 e. The predicted octanol–water partition coefficient (Wildman–Crippen LogP) is 5.57. The Morgan fingerprint density at radius 3 is 1.97 bits per heavy atom. The van der Waals surface area contributed by atoms with Crippen molar-refractivity contribution >= 4 is 11.6 Å². The molecule has 0 saturated carbocycles. The molecule has 1 atom stereocenters. The molecule has 3 aromatic rings. The number of anilines is 1. The lowest BCUT2D eigenvalue weighted by atomic mass is 10.2. The summed E-state index contributed by atoms with van der Waals surface area (Å²) >= 11 is 0. The Balaban J connectivity index is 1.44. The minimum absolute atomic E-state index is 0.148. The second-order valence-corrected chi connectivity index (χ2v) is 6.85. The molecule has 0 bridgehead atoms.